The number of nitrogens with zero attached hydrogens (tertiary/aromatic N) is 3. The molecule has 0 saturated heterocycles. The van der Waals surface area contributed by atoms with Gasteiger partial charge in [0.2, 0.25) is 16.0 Å². The summed E-state index contributed by atoms with van der Waals surface area (Å²) in [6.07, 6.45) is 8.00. The fraction of sp³-hybridized carbons (Fsp3) is 0.0952. The molecule has 2 heterocycles. The molecule has 11 heteroatoms. The first kappa shape index (κ1) is 21.2. The van der Waals surface area contributed by atoms with Gasteiger partial charge in [0.05, 0.1) is 12.3 Å². The minimum Gasteiger partial charge on any atom is -0.380 e. The van der Waals surface area contributed by atoms with Crippen LogP contribution in [0.3, 0.4) is 0 Å². The average molecular weight is 451 g/mol. The maximum Gasteiger partial charge on any atom is 0.231 e. The number of nitriles is 1. The van der Waals surface area contributed by atoms with Crippen molar-refractivity contribution in [2.75, 3.05) is 22.5 Å². The van der Waals surface area contributed by atoms with E-state index in [0.717, 1.165) is 28.4 Å². The van der Waals surface area contributed by atoms with E-state index in [1.54, 1.807) is 24.3 Å². The first-order chi connectivity index (χ1) is 15.3. The molecule has 0 unspecified atom stereocenters. The number of hydrogen-bond acceptors (Lipinski definition) is 8. The van der Waals surface area contributed by atoms with Crippen LogP contribution in [0.25, 0.3) is 5.57 Å². The summed E-state index contributed by atoms with van der Waals surface area (Å²) in [6.45, 7) is 0.548. The van der Waals surface area contributed by atoms with Crippen molar-refractivity contribution in [3.05, 3.63) is 76.8 Å². The summed E-state index contributed by atoms with van der Waals surface area (Å²) in [6, 6.07) is 7.44. The largest absolute Gasteiger partial charge is 0.380 e. The Balaban J connectivity index is 1.56. The molecule has 4 rings (SSSR count). The lowest BCUT2D eigenvalue weighted by Gasteiger charge is -2.13. The summed E-state index contributed by atoms with van der Waals surface area (Å²) in [5.41, 5.74) is 4.20. The van der Waals surface area contributed by atoms with Crippen molar-refractivity contribution in [3.63, 3.8) is 0 Å². The lowest BCUT2D eigenvalue weighted by molar-refractivity contribution is 0.606. The number of aromatic nitrogens is 2. The van der Waals surface area contributed by atoms with E-state index in [9.17, 15) is 12.8 Å². The van der Waals surface area contributed by atoms with E-state index in [-0.39, 0.29) is 11.8 Å². The van der Waals surface area contributed by atoms with Gasteiger partial charge in [-0.05, 0) is 47.9 Å². The maximum absolute atomic E-state index is 14.4. The van der Waals surface area contributed by atoms with Gasteiger partial charge in [0.25, 0.3) is 0 Å². The smallest absolute Gasteiger partial charge is 0.231 e. The zero-order chi connectivity index (χ0) is 22.7. The molecule has 2 aliphatic rings. The van der Waals surface area contributed by atoms with Gasteiger partial charge in [-0.2, -0.15) is 10.2 Å². The van der Waals surface area contributed by atoms with Crippen LogP contribution < -0.4 is 21.1 Å². The van der Waals surface area contributed by atoms with Crippen molar-refractivity contribution in [1.29, 1.82) is 5.26 Å². The van der Waals surface area contributed by atoms with E-state index in [0.29, 0.717) is 29.9 Å². The standard InChI is InChI=1S/C21H18FN7O2S/c22-18-11-26-21(28-15-3-1-2-13(8-15)12-32(24,30)31)29-20(18)27-16-4-5-19-17(9-16)14(6-7-23)10-25-19/h1,3-6,8-9,11-12,25H,2,10H2,(H2,24,30,31)(H2,26,27,28,29). The second-order valence-electron chi connectivity index (χ2n) is 7.04. The number of hydrogen-bond donors (Lipinski definition) is 4. The van der Waals surface area contributed by atoms with Gasteiger partial charge in [0, 0.05) is 40.7 Å². The number of sulfonamides is 1. The molecule has 9 nitrogen and oxygen atoms in total. The summed E-state index contributed by atoms with van der Waals surface area (Å²) < 4.78 is 36.9. The van der Waals surface area contributed by atoms with Crippen molar-refractivity contribution in [2.24, 2.45) is 5.14 Å². The van der Waals surface area contributed by atoms with E-state index < -0.39 is 15.8 Å². The molecule has 0 spiro atoms. The molecule has 0 amide bonds. The van der Waals surface area contributed by atoms with Crippen molar-refractivity contribution in [1.82, 2.24) is 9.97 Å². The van der Waals surface area contributed by atoms with Crippen LogP contribution in [-0.2, 0) is 10.0 Å². The first-order valence-electron chi connectivity index (χ1n) is 9.46. The van der Waals surface area contributed by atoms with Gasteiger partial charge in [0.1, 0.15) is 0 Å². The van der Waals surface area contributed by atoms with Gasteiger partial charge in [-0.25, -0.2) is 22.9 Å². The molecule has 32 heavy (non-hydrogen) atoms. The Morgan fingerprint density at radius 2 is 2.16 bits per heavy atom. The highest BCUT2D eigenvalue weighted by atomic mass is 32.2. The molecule has 162 valence electrons. The number of benzene rings is 1. The van der Waals surface area contributed by atoms with Crippen LogP contribution in [0.1, 0.15) is 12.0 Å². The summed E-state index contributed by atoms with van der Waals surface area (Å²) >= 11 is 0. The summed E-state index contributed by atoms with van der Waals surface area (Å²) in [5.74, 6) is -0.570. The lowest BCUT2D eigenvalue weighted by atomic mass is 10.1. The first-order valence-corrected chi connectivity index (χ1v) is 11.1. The molecule has 1 aliphatic heterocycles. The third-order valence-corrected chi connectivity index (χ3v) is 5.28. The Morgan fingerprint density at radius 1 is 1.31 bits per heavy atom. The van der Waals surface area contributed by atoms with Gasteiger partial charge < -0.3 is 16.0 Å². The highest BCUT2D eigenvalue weighted by Crippen LogP contribution is 2.33. The molecule has 0 saturated carbocycles. The number of anilines is 4. The van der Waals surface area contributed by atoms with Gasteiger partial charge >= 0.3 is 0 Å². The van der Waals surface area contributed by atoms with Gasteiger partial charge in [-0.1, -0.05) is 6.08 Å². The second kappa shape index (κ2) is 8.62. The minimum atomic E-state index is -3.76. The summed E-state index contributed by atoms with van der Waals surface area (Å²) in [5, 5.41) is 24.0. The van der Waals surface area contributed by atoms with Crippen LogP contribution >= 0.6 is 0 Å². The lowest BCUT2D eigenvalue weighted by Crippen LogP contribution is -2.10. The third-order valence-electron chi connectivity index (χ3n) is 4.64. The number of rotatable bonds is 5. The predicted octanol–water partition coefficient (Wildman–Crippen LogP) is 3.12. The van der Waals surface area contributed by atoms with E-state index >= 15 is 0 Å². The number of halogens is 1. The van der Waals surface area contributed by atoms with Crippen LogP contribution in [0.15, 0.2) is 65.4 Å². The number of nitrogens with one attached hydrogen (secondary N) is 3. The number of fused-ring (bicyclic) bond motifs is 1. The molecule has 1 aliphatic carbocycles. The van der Waals surface area contributed by atoms with Crippen molar-refractivity contribution >= 4 is 38.7 Å². The Kier molecular flexibility index (Phi) is 5.72. The summed E-state index contributed by atoms with van der Waals surface area (Å²) in [4.78, 5) is 8.12. The van der Waals surface area contributed by atoms with Gasteiger partial charge in [0.15, 0.2) is 11.6 Å². The zero-order valence-electron chi connectivity index (χ0n) is 16.6. The van der Waals surface area contributed by atoms with E-state index in [1.807, 2.05) is 18.2 Å². The fourth-order valence-electron chi connectivity index (χ4n) is 3.31. The summed E-state index contributed by atoms with van der Waals surface area (Å²) in [7, 11) is -3.76. The van der Waals surface area contributed by atoms with Crippen LogP contribution in [0.2, 0.25) is 0 Å². The average Bonchev–Trinajstić information content (AvgIpc) is 3.12. The number of allylic oxidation sites excluding steroid dienone is 5. The normalized spacial score (nSPS) is 17.5. The van der Waals surface area contributed by atoms with E-state index in [1.165, 1.54) is 6.08 Å². The van der Waals surface area contributed by atoms with Crippen LogP contribution in [-0.4, -0.2) is 24.9 Å². The van der Waals surface area contributed by atoms with Crippen LogP contribution in [0.4, 0.5) is 27.5 Å². The molecule has 1 aromatic carbocycles. The maximum atomic E-state index is 14.4. The monoisotopic (exact) mass is 451 g/mol. The van der Waals surface area contributed by atoms with Gasteiger partial charge in [-0.3, -0.25) is 0 Å². The third kappa shape index (κ3) is 5.00. The molecule has 0 radical (unpaired) electrons. The highest BCUT2D eigenvalue weighted by Gasteiger charge is 2.17. The van der Waals surface area contributed by atoms with Crippen LogP contribution in [0, 0.1) is 17.1 Å². The van der Waals surface area contributed by atoms with Crippen molar-refractivity contribution < 1.29 is 12.8 Å². The molecular formula is C21H18FN7O2S. The molecule has 0 atom stereocenters. The quantitative estimate of drug-likeness (QED) is 0.507. The number of primary sulfonamides is 1. The Hall–Kier alpha value is -4.01. The fourth-order valence-corrected chi connectivity index (χ4v) is 3.90. The topological polar surface area (TPSA) is 146 Å². The second-order valence-corrected chi connectivity index (χ2v) is 8.45. The van der Waals surface area contributed by atoms with Crippen molar-refractivity contribution in [2.45, 2.75) is 6.42 Å². The van der Waals surface area contributed by atoms with E-state index in [4.69, 9.17) is 10.4 Å². The van der Waals surface area contributed by atoms with Gasteiger partial charge in [-0.15, -0.1) is 0 Å². The number of nitrogens with two attached hydrogens (primary N) is 1. The minimum absolute atomic E-state index is 0.0418. The van der Waals surface area contributed by atoms with Crippen LogP contribution in [0.5, 0.6) is 0 Å². The molecule has 5 N–H and O–H groups in total. The molecule has 0 fully saturated rings. The molecule has 1 aromatic heterocycles. The highest BCUT2D eigenvalue weighted by molar-refractivity contribution is 7.92. The van der Waals surface area contributed by atoms with E-state index in [2.05, 4.69) is 25.9 Å². The SMILES string of the molecule is N#CC=C1CNc2ccc(Nc3nc(NC4=CC(=CS(N)(=O)=O)CC=C4)ncc3F)cc21. The Bertz CT molecular complexity index is 1350. The molecule has 2 aromatic rings. The van der Waals surface area contributed by atoms with Crippen molar-refractivity contribution in [3.8, 4) is 6.07 Å². The Morgan fingerprint density at radius 3 is 2.94 bits per heavy atom. The predicted molar refractivity (Wildman–Crippen MR) is 120 cm³/mol. The molecule has 0 bridgehead atoms. The Labute approximate surface area is 183 Å². The molecular weight excluding hydrogens is 433 g/mol. The zero-order valence-corrected chi connectivity index (χ0v) is 17.4.